The van der Waals surface area contributed by atoms with Crippen LogP contribution in [0.5, 0.6) is 23.0 Å². The van der Waals surface area contributed by atoms with Gasteiger partial charge in [0.1, 0.15) is 23.0 Å². The number of hydrogen-bond donors (Lipinski definition) is 2. The summed E-state index contributed by atoms with van der Waals surface area (Å²) in [7, 11) is 0. The number of aromatic nitrogens is 2. The number of nitrogens with zero attached hydrogens (tertiary/aromatic N) is 2. The average molecular weight is 1240 g/mol. The van der Waals surface area contributed by atoms with E-state index in [-0.39, 0.29) is 123 Å². The van der Waals surface area contributed by atoms with E-state index >= 15 is 26.3 Å². The van der Waals surface area contributed by atoms with Gasteiger partial charge in [0.25, 0.3) is 0 Å². The fraction of sp³-hybridized carbons (Fsp3) is 0.306. The van der Waals surface area contributed by atoms with E-state index in [1.54, 1.807) is 26.0 Å². The van der Waals surface area contributed by atoms with Gasteiger partial charge in [-0.2, -0.15) is 0 Å². The molecule has 0 saturated carbocycles. The Balaban J connectivity index is 0.00000345. The minimum atomic E-state index is -1.75. The summed E-state index contributed by atoms with van der Waals surface area (Å²) in [6, 6.07) is 32.7. The second-order valence-corrected chi connectivity index (χ2v) is 26.1. The van der Waals surface area contributed by atoms with E-state index in [2.05, 4.69) is 107 Å². The molecule has 0 spiro atoms. The van der Waals surface area contributed by atoms with Crippen LogP contribution >= 0.6 is 0 Å². The van der Waals surface area contributed by atoms with E-state index in [0.29, 0.717) is 11.1 Å². The van der Waals surface area contributed by atoms with Crippen molar-refractivity contribution in [1.29, 1.82) is 0 Å². The second kappa shape index (κ2) is 23.7. The number of phenols is 2. The number of hydrogen-bond acceptors (Lipinski definition) is 4. The molecule has 10 aromatic rings. The molecule has 0 aliphatic rings. The van der Waals surface area contributed by atoms with E-state index in [9.17, 15) is 10.2 Å². The van der Waals surface area contributed by atoms with E-state index in [0.717, 1.165) is 78.0 Å². The first kappa shape index (κ1) is 65.6. The Labute approximate surface area is 515 Å². The molecule has 0 aliphatic carbocycles. The molecule has 2 heterocycles. The first-order chi connectivity index (χ1) is 38.3. The quantitative estimate of drug-likeness (QED) is 0.0586. The molecular weight excluding hydrogens is 1160 g/mol. The van der Waals surface area contributed by atoms with Crippen molar-refractivity contribution in [3.8, 4) is 56.6 Å². The van der Waals surface area contributed by atoms with Gasteiger partial charge >= 0.3 is 26.2 Å². The van der Waals surface area contributed by atoms with Crippen LogP contribution in [0.4, 0.5) is 26.3 Å². The average Bonchev–Trinajstić information content (AvgIpc) is 1.96. The third-order valence-corrected chi connectivity index (χ3v) is 15.8. The molecule has 444 valence electrons. The van der Waals surface area contributed by atoms with Gasteiger partial charge in [0.05, 0.1) is 57.8 Å². The maximum atomic E-state index is 16.4. The first-order valence-corrected chi connectivity index (χ1v) is 27.8. The fourth-order valence-electron chi connectivity index (χ4n) is 11.1. The number of aryl methyl sites for hydroxylation is 2. The number of ether oxygens (including phenoxy) is 2. The number of rotatable bonds is 11. The number of fused-ring (bicyclic) bond motifs is 6. The van der Waals surface area contributed by atoms with Gasteiger partial charge in [0.2, 0.25) is 0 Å². The monoisotopic (exact) mass is 1240 g/mol. The van der Waals surface area contributed by atoms with Gasteiger partial charge in [0.15, 0.2) is 34.9 Å². The molecule has 8 aromatic carbocycles. The Morgan fingerprint density at radius 3 is 0.918 bits per heavy atom. The number of benzene rings is 8. The fourth-order valence-corrected chi connectivity index (χ4v) is 11.1. The zero-order valence-electron chi connectivity index (χ0n) is 51.6. The molecule has 2 aromatic heterocycles. The van der Waals surface area contributed by atoms with Crippen molar-refractivity contribution >= 4 is 43.6 Å². The molecule has 0 radical (unpaired) electrons. The maximum Gasteiger partial charge on any atom is 2.00 e. The summed E-state index contributed by atoms with van der Waals surface area (Å²) in [5, 5.41) is 28.4. The molecule has 0 unspecified atom stereocenters. The molecule has 0 atom stereocenters. The molecule has 0 bridgehead atoms. The van der Waals surface area contributed by atoms with Gasteiger partial charge in [-0.1, -0.05) is 107 Å². The van der Waals surface area contributed by atoms with Crippen molar-refractivity contribution in [3.05, 3.63) is 192 Å². The van der Waals surface area contributed by atoms with Gasteiger partial charge in [-0.05, 0) is 155 Å². The van der Waals surface area contributed by atoms with E-state index in [1.807, 2.05) is 57.7 Å². The molecule has 6 nitrogen and oxygen atoms in total. The van der Waals surface area contributed by atoms with E-state index in [1.165, 1.54) is 12.1 Å². The Hall–Kier alpha value is -6.98. The third kappa shape index (κ3) is 12.0. The smallest absolute Gasteiger partial charge is 0.505 e. The zero-order valence-corrected chi connectivity index (χ0v) is 54.1. The maximum absolute atomic E-state index is 16.4. The molecular formula is C72H76F6N2O4Zr. The van der Waals surface area contributed by atoms with Gasteiger partial charge in [0, 0.05) is 44.8 Å². The summed E-state index contributed by atoms with van der Waals surface area (Å²) in [6.07, 6.45) is 0.283. The van der Waals surface area contributed by atoms with Crippen LogP contribution in [0.25, 0.3) is 77.2 Å². The zero-order chi connectivity index (χ0) is 59.4. The number of aromatic hydroxyl groups is 2. The third-order valence-electron chi connectivity index (χ3n) is 15.8. The molecule has 2 N–H and O–H groups in total. The van der Waals surface area contributed by atoms with Crippen molar-refractivity contribution in [2.45, 2.75) is 131 Å². The topological polar surface area (TPSA) is 68.8 Å². The minimum Gasteiger partial charge on any atom is -0.505 e. The van der Waals surface area contributed by atoms with Crippen LogP contribution in [0.1, 0.15) is 129 Å². The van der Waals surface area contributed by atoms with Gasteiger partial charge in [-0.15, -0.1) is 0 Å². The van der Waals surface area contributed by atoms with Crippen LogP contribution in [0.2, 0.25) is 0 Å². The number of unbranched alkanes of at least 4 members (excludes halogenated alkanes) is 1. The Bertz CT molecular complexity index is 3810. The predicted molar refractivity (Wildman–Crippen MR) is 333 cm³/mol. The normalized spacial score (nSPS) is 12.2. The number of phenolic OH excluding ortho intramolecular Hbond substituents is 2. The first-order valence-electron chi connectivity index (χ1n) is 27.8. The Morgan fingerprint density at radius 1 is 0.388 bits per heavy atom. The summed E-state index contributed by atoms with van der Waals surface area (Å²) in [6.45, 7) is 28.7. The number of halogens is 6. The predicted octanol–water partition coefficient (Wildman–Crippen LogP) is 20.4. The molecule has 0 saturated heterocycles. The minimum absolute atomic E-state index is 0. The summed E-state index contributed by atoms with van der Waals surface area (Å²) < 4.78 is 110. The Morgan fingerprint density at radius 2 is 0.659 bits per heavy atom. The summed E-state index contributed by atoms with van der Waals surface area (Å²) in [4.78, 5) is 0. The molecule has 85 heavy (non-hydrogen) atoms. The van der Waals surface area contributed by atoms with Crippen LogP contribution in [-0.4, -0.2) is 32.6 Å². The van der Waals surface area contributed by atoms with Crippen LogP contribution < -0.4 is 9.47 Å². The Kier molecular flexibility index (Phi) is 18.3. The van der Waals surface area contributed by atoms with E-state index < -0.39 is 57.5 Å². The van der Waals surface area contributed by atoms with Crippen molar-refractivity contribution < 1.29 is 72.2 Å². The molecule has 0 aliphatic heterocycles. The molecule has 13 heteroatoms. The molecule has 0 amide bonds. The van der Waals surface area contributed by atoms with Crippen LogP contribution in [-0.2, 0) is 47.9 Å². The van der Waals surface area contributed by atoms with Crippen LogP contribution in [0.15, 0.2) is 109 Å². The van der Waals surface area contributed by atoms with Gasteiger partial charge in [-0.3, -0.25) is 0 Å². The summed E-state index contributed by atoms with van der Waals surface area (Å²) in [5.74, 6) is -11.2. The van der Waals surface area contributed by atoms with Crippen LogP contribution in [0, 0.1) is 63.6 Å². The molecule has 0 fully saturated rings. The standard InChI is InChI=1S/C70H70F6N2O4.2CH3.Zr/c1-37-27-47(65(79)55(29-37)77-51-21-17-39(67(3,4)5)31-43(51)44-32-40(68(6,7)8)18-22-52(44)77)59-57(35-49(71)61(73)63(59)75)81-25-15-16-26-82-58-36-50(72)62(74)64(76)60(58)48-28-38(2)30-56(66(48)80)78-53-23-19-41(69(9,10)11)33-45(53)46-34-42(70(12,13)14)20-24-54(46)78;;;/h17-24,27-36,79-80H,15-16,25-26H2,1-14H3;2*1H3;/q;2*-1;+2. The molecule has 10 rings (SSSR count). The second-order valence-electron chi connectivity index (χ2n) is 26.1. The van der Waals surface area contributed by atoms with Gasteiger partial charge < -0.3 is 43.7 Å². The van der Waals surface area contributed by atoms with Crippen molar-refractivity contribution in [3.63, 3.8) is 0 Å². The van der Waals surface area contributed by atoms with Crippen molar-refractivity contribution in [1.82, 2.24) is 9.13 Å². The van der Waals surface area contributed by atoms with Crippen LogP contribution in [0.3, 0.4) is 0 Å². The summed E-state index contributed by atoms with van der Waals surface area (Å²) in [5.41, 5.74) is 7.30. The van der Waals surface area contributed by atoms with Crippen molar-refractivity contribution in [2.75, 3.05) is 13.2 Å². The SMILES string of the molecule is Cc1cc(-c2c(OCCCCOc3cc(F)c(F)c(F)c3-c3cc(C)cc(-n4c5ccc(C(C)(C)C)cc5c5cc(C(C)(C)C)ccc54)c3O)cc(F)c(F)c2F)c(O)c(-n2c3ccc(C(C)(C)C)cc3c3cc(C(C)(C)C)ccc32)c1.[CH3-].[CH3-].[Zr+2]. The largest absolute Gasteiger partial charge is 2.00 e. The van der Waals surface area contributed by atoms with Crippen molar-refractivity contribution in [2.24, 2.45) is 0 Å². The van der Waals surface area contributed by atoms with E-state index in [4.69, 9.17) is 9.47 Å². The summed E-state index contributed by atoms with van der Waals surface area (Å²) >= 11 is 0. The van der Waals surface area contributed by atoms with Gasteiger partial charge in [-0.25, -0.2) is 26.3 Å².